The van der Waals surface area contributed by atoms with E-state index in [1.807, 2.05) is 5.51 Å². The molecule has 0 atom stereocenters. The van der Waals surface area contributed by atoms with Gasteiger partial charge in [-0.15, -0.1) is 11.3 Å². The lowest BCUT2D eigenvalue weighted by molar-refractivity contribution is 0.674. The fourth-order valence-corrected chi connectivity index (χ4v) is 2.05. The minimum Gasteiger partial charge on any atom is -0.311 e. The lowest BCUT2D eigenvalue weighted by Gasteiger charge is -1.93. The van der Waals surface area contributed by atoms with Crippen LogP contribution in [0.1, 0.15) is 17.0 Å². The van der Waals surface area contributed by atoms with Gasteiger partial charge in [0, 0.05) is 11.4 Å². The van der Waals surface area contributed by atoms with Gasteiger partial charge in [-0.1, -0.05) is 0 Å². The van der Waals surface area contributed by atoms with E-state index in [1.165, 1.54) is 23.4 Å². The van der Waals surface area contributed by atoms with E-state index < -0.39 is 0 Å². The molecular weight excluding hydrogens is 144 g/mol. The summed E-state index contributed by atoms with van der Waals surface area (Å²) in [5.41, 5.74) is 3.21. The van der Waals surface area contributed by atoms with E-state index in [1.54, 1.807) is 11.3 Å². The molecule has 2 heterocycles. The van der Waals surface area contributed by atoms with Crippen molar-refractivity contribution in [1.29, 1.82) is 0 Å². The summed E-state index contributed by atoms with van der Waals surface area (Å²) in [5.74, 6) is 0. The van der Waals surface area contributed by atoms with Gasteiger partial charge in [0.05, 0.1) is 11.2 Å². The third-order valence-electron chi connectivity index (χ3n) is 1.78. The molecule has 0 saturated carbocycles. The number of rotatable bonds is 0. The topological polar surface area (TPSA) is 24.9 Å². The normalized spacial score (nSPS) is 18.0. The highest BCUT2D eigenvalue weighted by atomic mass is 32.1. The Balaban J connectivity index is 2.28. The van der Waals surface area contributed by atoms with E-state index in [2.05, 4.69) is 10.3 Å². The van der Waals surface area contributed by atoms with Crippen LogP contribution in [0.4, 0.5) is 0 Å². The van der Waals surface area contributed by atoms with Gasteiger partial charge in [0.1, 0.15) is 0 Å². The number of hydrogen-bond donors (Lipinski definition) is 1. The Labute approximate surface area is 64.3 Å². The summed E-state index contributed by atoms with van der Waals surface area (Å²) in [4.78, 5) is 5.75. The molecule has 0 amide bonds. The van der Waals surface area contributed by atoms with E-state index in [-0.39, 0.29) is 0 Å². The van der Waals surface area contributed by atoms with Crippen molar-refractivity contribution in [3.8, 4) is 0 Å². The molecule has 0 spiro atoms. The molecule has 10 heavy (non-hydrogen) atoms. The Bertz CT molecular complexity index is 199. The molecule has 0 aliphatic carbocycles. The van der Waals surface area contributed by atoms with Gasteiger partial charge in [-0.05, 0) is 19.4 Å². The Hall–Kier alpha value is -0.410. The molecule has 1 aromatic heterocycles. The molecule has 1 aliphatic rings. The number of aryl methyl sites for hydroxylation is 1. The van der Waals surface area contributed by atoms with E-state index in [0.29, 0.717) is 0 Å². The van der Waals surface area contributed by atoms with Crippen molar-refractivity contribution >= 4 is 11.3 Å². The molecule has 0 fully saturated rings. The molecule has 1 aromatic rings. The summed E-state index contributed by atoms with van der Waals surface area (Å²) in [6.45, 7) is 2.11. The highest BCUT2D eigenvalue weighted by Crippen LogP contribution is 2.16. The molecule has 2 rings (SSSR count). The molecule has 0 aromatic carbocycles. The van der Waals surface area contributed by atoms with Crippen LogP contribution in [-0.2, 0) is 13.0 Å². The second kappa shape index (κ2) is 2.68. The van der Waals surface area contributed by atoms with Crippen molar-refractivity contribution in [3.05, 3.63) is 16.1 Å². The van der Waals surface area contributed by atoms with Crippen LogP contribution < -0.4 is 5.32 Å². The second-order valence-corrected chi connectivity index (χ2v) is 3.44. The van der Waals surface area contributed by atoms with Crippen molar-refractivity contribution < 1.29 is 0 Å². The molecule has 2 nitrogen and oxygen atoms in total. The van der Waals surface area contributed by atoms with Crippen LogP contribution >= 0.6 is 11.3 Å². The molecule has 0 saturated heterocycles. The highest BCUT2D eigenvalue weighted by Gasteiger charge is 2.08. The van der Waals surface area contributed by atoms with E-state index >= 15 is 0 Å². The van der Waals surface area contributed by atoms with Crippen molar-refractivity contribution in [2.24, 2.45) is 0 Å². The summed E-state index contributed by atoms with van der Waals surface area (Å²) in [6, 6.07) is 0. The van der Waals surface area contributed by atoms with Crippen LogP contribution in [0, 0.1) is 0 Å². The second-order valence-electron chi connectivity index (χ2n) is 2.50. The van der Waals surface area contributed by atoms with Gasteiger partial charge in [-0.2, -0.15) is 0 Å². The molecule has 0 unspecified atom stereocenters. The largest absolute Gasteiger partial charge is 0.311 e. The van der Waals surface area contributed by atoms with Crippen molar-refractivity contribution in [2.75, 3.05) is 6.54 Å². The van der Waals surface area contributed by atoms with Gasteiger partial charge >= 0.3 is 0 Å². The van der Waals surface area contributed by atoms with Crippen LogP contribution in [0.15, 0.2) is 5.51 Å². The summed E-state index contributed by atoms with van der Waals surface area (Å²) in [5, 5.41) is 3.33. The van der Waals surface area contributed by atoms with Crippen LogP contribution in [0.2, 0.25) is 0 Å². The zero-order valence-electron chi connectivity index (χ0n) is 5.76. The standard InChI is InChI=1S/C7H10N2S/c1-2-7-6(4-8-3-1)9-5-10-7/h5,8H,1-4H2. The predicted octanol–water partition coefficient (Wildman–Crippen LogP) is 1.18. The Morgan fingerprint density at radius 1 is 1.60 bits per heavy atom. The lowest BCUT2D eigenvalue weighted by Crippen LogP contribution is -2.12. The number of nitrogens with one attached hydrogen (secondary N) is 1. The maximum atomic E-state index is 4.27. The molecular formula is C7H10N2S. The number of hydrogen-bond acceptors (Lipinski definition) is 3. The van der Waals surface area contributed by atoms with Gasteiger partial charge in [0.25, 0.3) is 0 Å². The fourth-order valence-electron chi connectivity index (χ4n) is 1.22. The summed E-state index contributed by atoms with van der Waals surface area (Å²) >= 11 is 1.79. The predicted molar refractivity (Wildman–Crippen MR) is 42.1 cm³/mol. The third kappa shape index (κ3) is 1.07. The summed E-state index contributed by atoms with van der Waals surface area (Å²) in [7, 11) is 0. The smallest absolute Gasteiger partial charge is 0.0798 e. The minimum atomic E-state index is 0.971. The first-order chi connectivity index (χ1) is 4.97. The summed E-state index contributed by atoms with van der Waals surface area (Å²) < 4.78 is 0. The molecule has 0 bridgehead atoms. The van der Waals surface area contributed by atoms with Crippen molar-refractivity contribution in [3.63, 3.8) is 0 Å². The number of aromatic nitrogens is 1. The van der Waals surface area contributed by atoms with E-state index in [9.17, 15) is 0 Å². The van der Waals surface area contributed by atoms with Crippen molar-refractivity contribution in [2.45, 2.75) is 19.4 Å². The molecule has 1 aliphatic heterocycles. The van der Waals surface area contributed by atoms with Crippen LogP contribution in [0.5, 0.6) is 0 Å². The van der Waals surface area contributed by atoms with Gasteiger partial charge in [0.15, 0.2) is 0 Å². The lowest BCUT2D eigenvalue weighted by atomic mass is 10.2. The monoisotopic (exact) mass is 154 g/mol. The number of thiazole rings is 1. The maximum Gasteiger partial charge on any atom is 0.0798 e. The molecule has 1 N–H and O–H groups in total. The molecule has 3 heteroatoms. The molecule has 0 radical (unpaired) electrons. The quantitative estimate of drug-likeness (QED) is 0.607. The number of fused-ring (bicyclic) bond motifs is 1. The fraction of sp³-hybridized carbons (Fsp3) is 0.571. The highest BCUT2D eigenvalue weighted by molar-refractivity contribution is 7.09. The van der Waals surface area contributed by atoms with Gasteiger partial charge in [0.2, 0.25) is 0 Å². The first kappa shape index (κ1) is 6.31. The Morgan fingerprint density at radius 2 is 2.60 bits per heavy atom. The average Bonchev–Trinajstić information content (AvgIpc) is 2.28. The average molecular weight is 154 g/mol. The van der Waals surface area contributed by atoms with E-state index in [4.69, 9.17) is 0 Å². The van der Waals surface area contributed by atoms with Crippen molar-refractivity contribution in [1.82, 2.24) is 10.3 Å². The maximum absolute atomic E-state index is 4.27. The SMILES string of the molecule is c1nc2c(s1)CCCNC2. The zero-order valence-corrected chi connectivity index (χ0v) is 6.58. The Kier molecular flexibility index (Phi) is 1.69. The minimum absolute atomic E-state index is 0.971. The van der Waals surface area contributed by atoms with Gasteiger partial charge in [-0.25, -0.2) is 4.98 Å². The Morgan fingerprint density at radius 3 is 3.60 bits per heavy atom. The van der Waals surface area contributed by atoms with Crippen LogP contribution in [0.25, 0.3) is 0 Å². The third-order valence-corrected chi connectivity index (χ3v) is 2.71. The van der Waals surface area contributed by atoms with Gasteiger partial charge in [-0.3, -0.25) is 0 Å². The van der Waals surface area contributed by atoms with E-state index in [0.717, 1.165) is 13.1 Å². The zero-order chi connectivity index (χ0) is 6.81. The van der Waals surface area contributed by atoms with Gasteiger partial charge < -0.3 is 5.32 Å². The first-order valence-corrected chi connectivity index (χ1v) is 4.47. The van der Waals surface area contributed by atoms with Crippen LogP contribution in [-0.4, -0.2) is 11.5 Å². The van der Waals surface area contributed by atoms with Crippen LogP contribution in [0.3, 0.4) is 0 Å². The number of nitrogens with zero attached hydrogens (tertiary/aromatic N) is 1. The summed E-state index contributed by atoms with van der Waals surface area (Å²) in [6.07, 6.45) is 2.47. The first-order valence-electron chi connectivity index (χ1n) is 3.59. The molecule has 54 valence electrons.